The minimum absolute atomic E-state index is 0.00375. The Morgan fingerprint density at radius 1 is 1.19 bits per heavy atom. The molecule has 1 aromatic carbocycles. The van der Waals surface area contributed by atoms with Gasteiger partial charge in [0.05, 0.1) is 16.9 Å². The number of ether oxygens (including phenoxy) is 1. The number of hydrogen-bond acceptors (Lipinski definition) is 4. The highest BCUT2D eigenvalue weighted by molar-refractivity contribution is 6.14. The number of carbonyl (C=O) groups excluding carboxylic acids is 3. The summed E-state index contributed by atoms with van der Waals surface area (Å²) in [7, 11) is 0. The Morgan fingerprint density at radius 3 is 2.52 bits per heavy atom. The second-order valence-corrected chi connectivity index (χ2v) is 6.15. The molecule has 0 spiro atoms. The van der Waals surface area contributed by atoms with E-state index in [-0.39, 0.29) is 41.5 Å². The summed E-state index contributed by atoms with van der Waals surface area (Å²) in [6, 6.07) is 3.74. The first-order valence-corrected chi connectivity index (χ1v) is 6.87. The first-order valence-electron chi connectivity index (χ1n) is 6.87. The molecule has 0 amide bonds. The Morgan fingerprint density at radius 2 is 1.90 bits per heavy atom. The van der Waals surface area contributed by atoms with E-state index in [1.54, 1.807) is 13.8 Å². The van der Waals surface area contributed by atoms with Crippen LogP contribution in [0.1, 0.15) is 37.0 Å². The predicted molar refractivity (Wildman–Crippen MR) is 71.7 cm³/mol. The molecule has 4 nitrogen and oxygen atoms in total. The third kappa shape index (κ3) is 2.07. The smallest absolute Gasteiger partial charge is 0.170 e. The summed E-state index contributed by atoms with van der Waals surface area (Å²) in [5, 5.41) is 0. The molecule has 0 saturated heterocycles. The largest absolute Gasteiger partial charge is 0.488 e. The molecule has 1 aromatic rings. The zero-order valence-corrected chi connectivity index (χ0v) is 11.8. The zero-order chi connectivity index (χ0) is 15.4. The Bertz CT molecular complexity index is 662. The van der Waals surface area contributed by atoms with Gasteiger partial charge in [-0.3, -0.25) is 14.4 Å². The van der Waals surface area contributed by atoms with Crippen LogP contribution in [0.25, 0.3) is 0 Å². The van der Waals surface area contributed by atoms with Crippen LogP contribution >= 0.6 is 0 Å². The minimum atomic E-state index is -1.01. The van der Waals surface area contributed by atoms with Gasteiger partial charge in [-0.2, -0.15) is 0 Å². The molecule has 2 aliphatic rings. The van der Waals surface area contributed by atoms with Gasteiger partial charge in [-0.05, 0) is 32.0 Å². The maximum absolute atomic E-state index is 13.2. The summed E-state index contributed by atoms with van der Waals surface area (Å²) in [4.78, 5) is 36.4. The molecule has 110 valence electrons. The van der Waals surface area contributed by atoms with Gasteiger partial charge in [-0.1, -0.05) is 0 Å². The van der Waals surface area contributed by atoms with Crippen molar-refractivity contribution in [1.29, 1.82) is 0 Å². The van der Waals surface area contributed by atoms with Crippen LogP contribution in [-0.4, -0.2) is 23.5 Å². The lowest BCUT2D eigenvalue weighted by Gasteiger charge is -2.29. The van der Waals surface area contributed by atoms with Gasteiger partial charge < -0.3 is 4.74 Å². The number of Topliss-reactive ketones (excluding diaryl/α,β-unsaturated/α-hetero) is 3. The van der Waals surface area contributed by atoms with E-state index in [0.29, 0.717) is 0 Å². The summed E-state index contributed by atoms with van der Waals surface area (Å²) >= 11 is 0. The molecule has 1 fully saturated rings. The molecule has 0 radical (unpaired) electrons. The highest BCUT2D eigenvalue weighted by atomic mass is 19.1. The molecule has 0 bridgehead atoms. The van der Waals surface area contributed by atoms with Crippen LogP contribution in [0, 0.1) is 17.2 Å². The van der Waals surface area contributed by atoms with Crippen molar-refractivity contribution < 1.29 is 23.5 Å². The third-order valence-electron chi connectivity index (χ3n) is 4.41. The van der Waals surface area contributed by atoms with Gasteiger partial charge in [0, 0.05) is 12.8 Å². The monoisotopic (exact) mass is 290 g/mol. The van der Waals surface area contributed by atoms with Crippen molar-refractivity contribution in [1.82, 2.24) is 0 Å². The molecule has 0 N–H and O–H groups in total. The maximum Gasteiger partial charge on any atom is 0.170 e. The van der Waals surface area contributed by atoms with Crippen molar-refractivity contribution in [3.8, 4) is 5.75 Å². The molecule has 2 atom stereocenters. The molecular formula is C16H15FO4. The van der Waals surface area contributed by atoms with Gasteiger partial charge in [0.2, 0.25) is 0 Å². The van der Waals surface area contributed by atoms with Gasteiger partial charge in [0.25, 0.3) is 0 Å². The lowest BCUT2D eigenvalue weighted by atomic mass is 9.85. The molecule has 1 heterocycles. The van der Waals surface area contributed by atoms with Crippen molar-refractivity contribution in [3.05, 3.63) is 29.6 Å². The summed E-state index contributed by atoms with van der Waals surface area (Å²) < 4.78 is 18.9. The standard InChI is InChI=1S/C16H15FO4/c1-16(2)14(19)6-10(15(16)20)13-7-11(18)9-5-8(17)3-4-12(9)21-13/h3-5,10,13H,6-7H2,1-2H3/t10-,13-/m1/s1. The summed E-state index contributed by atoms with van der Waals surface area (Å²) in [6.45, 7) is 3.21. The topological polar surface area (TPSA) is 60.4 Å². The van der Waals surface area contributed by atoms with E-state index in [1.807, 2.05) is 0 Å². The van der Waals surface area contributed by atoms with Gasteiger partial charge in [0.1, 0.15) is 23.5 Å². The number of hydrogen-bond donors (Lipinski definition) is 0. The van der Waals surface area contributed by atoms with E-state index in [1.165, 1.54) is 12.1 Å². The van der Waals surface area contributed by atoms with Gasteiger partial charge in [-0.25, -0.2) is 4.39 Å². The lowest BCUT2D eigenvalue weighted by Crippen LogP contribution is -2.38. The second-order valence-electron chi connectivity index (χ2n) is 6.15. The zero-order valence-electron chi connectivity index (χ0n) is 11.8. The average molecular weight is 290 g/mol. The van der Waals surface area contributed by atoms with Crippen LogP contribution in [0.2, 0.25) is 0 Å². The predicted octanol–water partition coefficient (Wildman–Crippen LogP) is 2.34. The van der Waals surface area contributed by atoms with Crippen molar-refractivity contribution in [2.75, 3.05) is 0 Å². The Hall–Kier alpha value is -2.04. The van der Waals surface area contributed by atoms with Crippen LogP contribution in [0.15, 0.2) is 18.2 Å². The fourth-order valence-corrected chi connectivity index (χ4v) is 2.99. The third-order valence-corrected chi connectivity index (χ3v) is 4.41. The van der Waals surface area contributed by atoms with Gasteiger partial charge in [-0.15, -0.1) is 0 Å². The van der Waals surface area contributed by atoms with Crippen molar-refractivity contribution >= 4 is 17.3 Å². The number of carbonyl (C=O) groups is 3. The molecular weight excluding hydrogens is 275 g/mol. The van der Waals surface area contributed by atoms with E-state index >= 15 is 0 Å². The summed E-state index contributed by atoms with van der Waals surface area (Å²) in [6.07, 6.45) is -0.551. The Balaban J connectivity index is 1.90. The van der Waals surface area contributed by atoms with Crippen molar-refractivity contribution in [3.63, 3.8) is 0 Å². The van der Waals surface area contributed by atoms with Crippen molar-refractivity contribution in [2.45, 2.75) is 32.8 Å². The molecule has 1 saturated carbocycles. The minimum Gasteiger partial charge on any atom is -0.488 e. The molecule has 1 aliphatic heterocycles. The fraction of sp³-hybridized carbons (Fsp3) is 0.438. The molecule has 1 aliphatic carbocycles. The van der Waals surface area contributed by atoms with Gasteiger partial charge >= 0.3 is 0 Å². The lowest BCUT2D eigenvalue weighted by molar-refractivity contribution is -0.134. The van der Waals surface area contributed by atoms with E-state index < -0.39 is 23.3 Å². The first kappa shape index (κ1) is 13.9. The maximum atomic E-state index is 13.2. The summed E-state index contributed by atoms with van der Waals surface area (Å²) in [5.41, 5.74) is -0.817. The highest BCUT2D eigenvalue weighted by Crippen LogP contribution is 2.40. The van der Waals surface area contributed by atoms with Crippen LogP contribution < -0.4 is 4.74 Å². The van der Waals surface area contributed by atoms with Crippen LogP contribution in [0.3, 0.4) is 0 Å². The number of rotatable bonds is 1. The van der Waals surface area contributed by atoms with E-state index in [2.05, 4.69) is 0 Å². The highest BCUT2D eigenvalue weighted by Gasteiger charge is 2.52. The Labute approximate surface area is 121 Å². The summed E-state index contributed by atoms with van der Waals surface area (Å²) in [5.74, 6) is -1.39. The Kier molecular flexibility index (Phi) is 2.97. The molecule has 21 heavy (non-hydrogen) atoms. The van der Waals surface area contributed by atoms with E-state index in [9.17, 15) is 18.8 Å². The first-order chi connectivity index (χ1) is 9.80. The normalized spacial score (nSPS) is 27.5. The fourth-order valence-electron chi connectivity index (χ4n) is 2.99. The number of halogens is 1. The molecule has 5 heteroatoms. The number of ketones is 3. The van der Waals surface area contributed by atoms with Crippen LogP contribution in [0.5, 0.6) is 5.75 Å². The second kappa shape index (κ2) is 4.48. The van der Waals surface area contributed by atoms with Crippen LogP contribution in [0.4, 0.5) is 4.39 Å². The molecule has 3 rings (SSSR count). The quantitative estimate of drug-likeness (QED) is 0.745. The van der Waals surface area contributed by atoms with E-state index in [0.717, 1.165) is 6.07 Å². The SMILES string of the molecule is CC1(C)C(=O)C[C@H]([C@H]2CC(=O)c3cc(F)ccc3O2)C1=O. The molecule has 0 aromatic heterocycles. The average Bonchev–Trinajstić information content (AvgIpc) is 2.63. The number of benzene rings is 1. The molecule has 0 unspecified atom stereocenters. The van der Waals surface area contributed by atoms with Crippen LogP contribution in [-0.2, 0) is 9.59 Å². The van der Waals surface area contributed by atoms with E-state index in [4.69, 9.17) is 4.74 Å². The van der Waals surface area contributed by atoms with Crippen molar-refractivity contribution in [2.24, 2.45) is 11.3 Å². The van der Waals surface area contributed by atoms with Gasteiger partial charge in [0.15, 0.2) is 11.6 Å². The number of fused-ring (bicyclic) bond motifs is 1.